The fraction of sp³-hybridized carbons (Fsp3) is 0.634. The summed E-state index contributed by atoms with van der Waals surface area (Å²) in [6, 6.07) is 0. The van der Waals surface area contributed by atoms with E-state index in [-0.39, 0.29) is 24.5 Å². The van der Waals surface area contributed by atoms with E-state index in [9.17, 15) is 14.4 Å². The van der Waals surface area contributed by atoms with Crippen molar-refractivity contribution in [3.05, 3.63) is 72.9 Å². The van der Waals surface area contributed by atoms with Crippen LogP contribution in [0, 0.1) is 0 Å². The normalized spacial score (nSPS) is 12.9. The molecular formula is C41H67NO5. The van der Waals surface area contributed by atoms with Crippen molar-refractivity contribution < 1.29 is 24.2 Å². The molecule has 6 nitrogen and oxygen atoms in total. The van der Waals surface area contributed by atoms with Crippen molar-refractivity contribution in [1.29, 1.82) is 0 Å². The molecule has 2 N–H and O–H groups in total. The average Bonchev–Trinajstić information content (AvgIpc) is 3.05. The topological polar surface area (TPSA) is 92.7 Å². The summed E-state index contributed by atoms with van der Waals surface area (Å²) >= 11 is 0. The largest absolute Gasteiger partial charge is 0.480 e. The van der Waals surface area contributed by atoms with Crippen LogP contribution in [0.15, 0.2) is 72.9 Å². The van der Waals surface area contributed by atoms with E-state index >= 15 is 0 Å². The van der Waals surface area contributed by atoms with Gasteiger partial charge < -0.3 is 15.2 Å². The molecular weight excluding hydrogens is 586 g/mol. The van der Waals surface area contributed by atoms with E-state index in [0.717, 1.165) is 83.5 Å². The number of rotatable bonds is 32. The van der Waals surface area contributed by atoms with Crippen LogP contribution in [0.1, 0.15) is 155 Å². The SMILES string of the molecule is CC/C=C\C/C=C\C/C=C\C/C=C\C/C=C\CCCC(=O)OC(/C=C\CCCCCCCCC)CCCCCCC(=O)NCC(=O)O. The van der Waals surface area contributed by atoms with E-state index in [1.807, 2.05) is 0 Å². The first-order valence-corrected chi connectivity index (χ1v) is 18.6. The second-order valence-electron chi connectivity index (χ2n) is 12.1. The van der Waals surface area contributed by atoms with Crippen molar-refractivity contribution >= 4 is 17.8 Å². The molecule has 1 unspecified atom stereocenters. The Morgan fingerprint density at radius 2 is 1.13 bits per heavy atom. The highest BCUT2D eigenvalue weighted by molar-refractivity contribution is 5.80. The second-order valence-corrected chi connectivity index (χ2v) is 12.1. The first kappa shape index (κ1) is 43.9. The molecule has 0 spiro atoms. The minimum absolute atomic E-state index is 0.141. The molecule has 6 heteroatoms. The molecule has 0 bridgehead atoms. The van der Waals surface area contributed by atoms with E-state index in [2.05, 4.69) is 92.1 Å². The number of unbranched alkanes of at least 4 members (excludes halogenated alkanes) is 11. The van der Waals surface area contributed by atoms with Gasteiger partial charge in [-0.3, -0.25) is 14.4 Å². The van der Waals surface area contributed by atoms with Crippen LogP contribution in [0.4, 0.5) is 0 Å². The number of nitrogens with one attached hydrogen (secondary N) is 1. The summed E-state index contributed by atoms with van der Waals surface area (Å²) in [5.74, 6) is -1.40. The smallest absolute Gasteiger partial charge is 0.322 e. The van der Waals surface area contributed by atoms with Gasteiger partial charge in [-0.25, -0.2) is 0 Å². The van der Waals surface area contributed by atoms with Gasteiger partial charge in [-0.05, 0) is 83.1 Å². The van der Waals surface area contributed by atoms with Crippen molar-refractivity contribution in [2.24, 2.45) is 0 Å². The molecule has 0 aromatic carbocycles. The Morgan fingerprint density at radius 1 is 0.596 bits per heavy atom. The highest BCUT2D eigenvalue weighted by Gasteiger charge is 2.11. The van der Waals surface area contributed by atoms with Gasteiger partial charge >= 0.3 is 11.9 Å². The Balaban J connectivity index is 4.32. The number of carbonyl (C=O) groups excluding carboxylic acids is 2. The quantitative estimate of drug-likeness (QED) is 0.0428. The minimum atomic E-state index is -1.03. The monoisotopic (exact) mass is 654 g/mol. The lowest BCUT2D eigenvalue weighted by Gasteiger charge is -2.14. The molecule has 0 saturated heterocycles. The molecule has 0 aliphatic carbocycles. The van der Waals surface area contributed by atoms with Gasteiger partial charge in [0.25, 0.3) is 0 Å². The predicted octanol–water partition coefficient (Wildman–Crippen LogP) is 11.1. The van der Waals surface area contributed by atoms with Crippen molar-refractivity contribution in [1.82, 2.24) is 5.32 Å². The van der Waals surface area contributed by atoms with E-state index in [4.69, 9.17) is 9.84 Å². The minimum Gasteiger partial charge on any atom is -0.480 e. The number of carboxylic acid groups (broad SMARTS) is 1. The van der Waals surface area contributed by atoms with Crippen LogP contribution in [0.5, 0.6) is 0 Å². The third-order valence-corrected chi connectivity index (χ3v) is 7.60. The number of hydrogen-bond acceptors (Lipinski definition) is 4. The summed E-state index contributed by atoms with van der Waals surface area (Å²) in [4.78, 5) is 34.8. The fourth-order valence-electron chi connectivity index (χ4n) is 4.87. The van der Waals surface area contributed by atoms with Gasteiger partial charge in [0.05, 0.1) is 0 Å². The van der Waals surface area contributed by atoms with Crippen LogP contribution < -0.4 is 5.32 Å². The number of aliphatic carboxylic acids is 1. The summed E-state index contributed by atoms with van der Waals surface area (Å²) in [5.41, 5.74) is 0. The van der Waals surface area contributed by atoms with Gasteiger partial charge in [-0.1, -0.05) is 132 Å². The summed E-state index contributed by atoms with van der Waals surface area (Å²) in [6.07, 6.45) is 47.4. The zero-order chi connectivity index (χ0) is 34.5. The first-order valence-electron chi connectivity index (χ1n) is 18.6. The molecule has 0 radical (unpaired) electrons. The van der Waals surface area contributed by atoms with Crippen molar-refractivity contribution in [3.8, 4) is 0 Å². The van der Waals surface area contributed by atoms with Crippen LogP contribution in [0.25, 0.3) is 0 Å². The zero-order valence-corrected chi connectivity index (χ0v) is 29.8. The van der Waals surface area contributed by atoms with Crippen molar-refractivity contribution in [3.63, 3.8) is 0 Å². The highest BCUT2D eigenvalue weighted by atomic mass is 16.5. The molecule has 1 atom stereocenters. The maximum absolute atomic E-state index is 12.6. The Bertz CT molecular complexity index is 943. The first-order chi connectivity index (χ1) is 23.0. The lowest BCUT2D eigenvalue weighted by Crippen LogP contribution is -2.28. The van der Waals surface area contributed by atoms with E-state index < -0.39 is 5.97 Å². The summed E-state index contributed by atoms with van der Waals surface area (Å²) in [6.45, 7) is 4.05. The molecule has 0 saturated carbocycles. The molecule has 0 aromatic heterocycles. The maximum atomic E-state index is 12.6. The Kier molecular flexibility index (Phi) is 33.3. The number of ether oxygens (including phenoxy) is 1. The molecule has 0 aromatic rings. The van der Waals surface area contributed by atoms with Crippen LogP contribution in [0.3, 0.4) is 0 Å². The third kappa shape index (κ3) is 35.5. The number of amides is 1. The molecule has 0 fully saturated rings. The summed E-state index contributed by atoms with van der Waals surface area (Å²) in [5, 5.41) is 11.1. The second kappa shape index (κ2) is 35.7. The molecule has 0 rings (SSSR count). The molecule has 0 aliphatic heterocycles. The van der Waals surface area contributed by atoms with E-state index in [0.29, 0.717) is 12.8 Å². The number of esters is 1. The number of hydrogen-bond donors (Lipinski definition) is 2. The molecule has 0 heterocycles. The summed E-state index contributed by atoms with van der Waals surface area (Å²) < 4.78 is 5.86. The Labute approximate surface area is 287 Å². The Hall–Kier alpha value is -3.15. The highest BCUT2D eigenvalue weighted by Crippen LogP contribution is 2.14. The Morgan fingerprint density at radius 3 is 1.74 bits per heavy atom. The van der Waals surface area contributed by atoms with Gasteiger partial charge in [0.1, 0.15) is 12.6 Å². The van der Waals surface area contributed by atoms with Gasteiger partial charge in [0.2, 0.25) is 5.91 Å². The van der Waals surface area contributed by atoms with Crippen LogP contribution >= 0.6 is 0 Å². The van der Waals surface area contributed by atoms with Crippen molar-refractivity contribution in [2.75, 3.05) is 6.54 Å². The zero-order valence-electron chi connectivity index (χ0n) is 29.8. The maximum Gasteiger partial charge on any atom is 0.322 e. The average molecular weight is 654 g/mol. The summed E-state index contributed by atoms with van der Waals surface area (Å²) in [7, 11) is 0. The standard InChI is InChI=1S/C41H67NO5/c1-3-5-7-9-11-13-14-15-16-17-18-19-20-22-24-26-32-36-41(46)47-38(33-29-25-23-21-12-10-8-6-4-2)34-30-27-28-31-35-39(43)42-37-40(44)45/h5,7,11,13,15-16,18-19,22,24,29,33,38H,3-4,6,8-10,12,14,17,20-21,23,25-28,30-32,34-37H2,1-2H3,(H,42,43)(H,44,45)/b7-5-,13-11-,16-15-,19-18-,24-22-,33-29-. The number of carboxylic acids is 1. The predicted molar refractivity (Wildman–Crippen MR) is 198 cm³/mol. The number of carbonyl (C=O) groups is 3. The van der Waals surface area contributed by atoms with Crippen LogP contribution in [0.2, 0.25) is 0 Å². The lowest BCUT2D eigenvalue weighted by molar-refractivity contribution is -0.147. The molecule has 1 amide bonds. The molecule has 0 aliphatic rings. The molecule has 47 heavy (non-hydrogen) atoms. The van der Waals surface area contributed by atoms with Crippen molar-refractivity contribution in [2.45, 2.75) is 161 Å². The van der Waals surface area contributed by atoms with Gasteiger partial charge in [-0.2, -0.15) is 0 Å². The van der Waals surface area contributed by atoms with E-state index in [1.165, 1.54) is 44.9 Å². The molecule has 266 valence electrons. The fourth-order valence-corrected chi connectivity index (χ4v) is 4.87. The van der Waals surface area contributed by atoms with Gasteiger partial charge in [-0.15, -0.1) is 0 Å². The van der Waals surface area contributed by atoms with E-state index in [1.54, 1.807) is 0 Å². The number of allylic oxidation sites excluding steroid dienone is 11. The van der Waals surface area contributed by atoms with Crippen LogP contribution in [-0.2, 0) is 19.1 Å². The van der Waals surface area contributed by atoms with Crippen LogP contribution in [-0.4, -0.2) is 35.6 Å². The lowest BCUT2D eigenvalue weighted by atomic mass is 10.1. The third-order valence-electron chi connectivity index (χ3n) is 7.60. The van der Waals surface area contributed by atoms with Gasteiger partial charge in [0, 0.05) is 12.8 Å². The van der Waals surface area contributed by atoms with Gasteiger partial charge in [0.15, 0.2) is 0 Å².